The molecule has 0 aliphatic heterocycles. The first kappa shape index (κ1) is 11.7. The van der Waals surface area contributed by atoms with Gasteiger partial charge in [-0.1, -0.05) is 12.1 Å². The van der Waals surface area contributed by atoms with Crippen LogP contribution in [0.4, 0.5) is 4.39 Å². The molecule has 0 unspecified atom stereocenters. The monoisotopic (exact) mass is 207 g/mol. The molecule has 0 radical (unpaired) electrons. The van der Waals surface area contributed by atoms with Crippen molar-refractivity contribution >= 4 is 0 Å². The van der Waals surface area contributed by atoms with Gasteiger partial charge >= 0.3 is 0 Å². The highest BCUT2D eigenvalue weighted by Crippen LogP contribution is 2.14. The summed E-state index contributed by atoms with van der Waals surface area (Å²) >= 11 is 0. The highest BCUT2D eigenvalue weighted by Gasteiger charge is 2.16. The van der Waals surface area contributed by atoms with Gasteiger partial charge in [0.15, 0.2) is 0 Å². The molecule has 2 nitrogen and oxygen atoms in total. The van der Waals surface area contributed by atoms with Gasteiger partial charge in [-0.3, -0.25) is 0 Å². The van der Waals surface area contributed by atoms with E-state index < -0.39 is 5.41 Å². The van der Waals surface area contributed by atoms with E-state index in [4.69, 9.17) is 10.00 Å². The summed E-state index contributed by atoms with van der Waals surface area (Å²) in [6, 6.07) is 8.30. The second kappa shape index (κ2) is 4.90. The van der Waals surface area contributed by atoms with Gasteiger partial charge in [-0.05, 0) is 31.5 Å². The first-order chi connectivity index (χ1) is 7.03. The van der Waals surface area contributed by atoms with Gasteiger partial charge in [0.2, 0.25) is 0 Å². The minimum absolute atomic E-state index is 0.254. The number of ether oxygens (including phenoxy) is 1. The molecule has 0 spiro atoms. The van der Waals surface area contributed by atoms with Gasteiger partial charge in [-0.25, -0.2) is 4.39 Å². The second-order valence-electron chi connectivity index (χ2n) is 4.11. The maximum absolute atomic E-state index is 12.6. The lowest BCUT2D eigenvalue weighted by Crippen LogP contribution is -2.16. The first-order valence-electron chi connectivity index (χ1n) is 4.77. The number of nitriles is 1. The molecule has 80 valence electrons. The van der Waals surface area contributed by atoms with E-state index in [-0.39, 0.29) is 5.82 Å². The Kier molecular flexibility index (Phi) is 3.81. The molecular weight excluding hydrogens is 193 g/mol. The third-order valence-electron chi connectivity index (χ3n) is 1.95. The molecule has 0 bridgehead atoms. The lowest BCUT2D eigenvalue weighted by atomic mass is 9.98. The molecule has 0 fully saturated rings. The van der Waals surface area contributed by atoms with Crippen molar-refractivity contribution in [2.45, 2.75) is 20.5 Å². The molecule has 0 aromatic heterocycles. The number of halogens is 1. The van der Waals surface area contributed by atoms with Gasteiger partial charge in [0.1, 0.15) is 5.82 Å². The maximum atomic E-state index is 12.6. The average Bonchev–Trinajstić information content (AvgIpc) is 2.21. The Bertz CT molecular complexity index is 351. The minimum atomic E-state index is -0.472. The molecule has 0 aliphatic carbocycles. The SMILES string of the molecule is CC(C)(C#N)COCc1ccc(F)cc1. The van der Waals surface area contributed by atoms with Crippen molar-refractivity contribution in [2.75, 3.05) is 6.61 Å². The molecule has 0 saturated heterocycles. The van der Waals surface area contributed by atoms with Crippen molar-refractivity contribution in [3.05, 3.63) is 35.6 Å². The van der Waals surface area contributed by atoms with E-state index in [9.17, 15) is 4.39 Å². The van der Waals surface area contributed by atoms with Crippen molar-refractivity contribution in [3.8, 4) is 6.07 Å². The van der Waals surface area contributed by atoms with Crippen LogP contribution in [0.15, 0.2) is 24.3 Å². The molecule has 1 aromatic carbocycles. The van der Waals surface area contributed by atoms with Crippen LogP contribution in [0.1, 0.15) is 19.4 Å². The Morgan fingerprint density at radius 1 is 1.33 bits per heavy atom. The first-order valence-corrected chi connectivity index (χ1v) is 4.77. The zero-order chi connectivity index (χ0) is 11.3. The van der Waals surface area contributed by atoms with Crippen molar-refractivity contribution in [2.24, 2.45) is 5.41 Å². The molecule has 1 aromatic rings. The zero-order valence-electron chi connectivity index (χ0n) is 8.96. The normalized spacial score (nSPS) is 11.1. The predicted octanol–water partition coefficient (Wildman–Crippen LogP) is 2.89. The van der Waals surface area contributed by atoms with E-state index in [1.54, 1.807) is 12.1 Å². The topological polar surface area (TPSA) is 33.0 Å². The second-order valence-corrected chi connectivity index (χ2v) is 4.11. The van der Waals surface area contributed by atoms with Crippen molar-refractivity contribution < 1.29 is 9.13 Å². The molecule has 0 N–H and O–H groups in total. The van der Waals surface area contributed by atoms with E-state index in [2.05, 4.69) is 6.07 Å². The molecule has 0 saturated carbocycles. The number of hydrogen-bond acceptors (Lipinski definition) is 2. The highest BCUT2D eigenvalue weighted by atomic mass is 19.1. The zero-order valence-corrected chi connectivity index (χ0v) is 8.96. The average molecular weight is 207 g/mol. The van der Waals surface area contributed by atoms with Gasteiger partial charge in [0.05, 0.1) is 24.7 Å². The Morgan fingerprint density at radius 2 is 1.93 bits per heavy atom. The summed E-state index contributed by atoms with van der Waals surface area (Å²) in [7, 11) is 0. The van der Waals surface area contributed by atoms with E-state index in [0.29, 0.717) is 13.2 Å². The predicted molar refractivity (Wildman–Crippen MR) is 55.5 cm³/mol. The summed E-state index contributed by atoms with van der Waals surface area (Å²) in [6.45, 7) is 4.42. The van der Waals surface area contributed by atoms with E-state index in [0.717, 1.165) is 5.56 Å². The largest absolute Gasteiger partial charge is 0.375 e. The summed E-state index contributed by atoms with van der Waals surface area (Å²) in [6.07, 6.45) is 0. The Balaban J connectivity index is 2.39. The maximum Gasteiger partial charge on any atom is 0.123 e. The van der Waals surface area contributed by atoms with Gasteiger partial charge in [0.25, 0.3) is 0 Å². The van der Waals surface area contributed by atoms with Crippen LogP contribution in [0.25, 0.3) is 0 Å². The lowest BCUT2D eigenvalue weighted by Gasteiger charge is -2.14. The Hall–Kier alpha value is -1.40. The van der Waals surface area contributed by atoms with Crippen molar-refractivity contribution in [1.29, 1.82) is 5.26 Å². The summed E-state index contributed by atoms with van der Waals surface area (Å²) in [5.41, 5.74) is 0.435. The smallest absolute Gasteiger partial charge is 0.123 e. The fraction of sp³-hybridized carbons (Fsp3) is 0.417. The minimum Gasteiger partial charge on any atom is -0.375 e. The molecule has 15 heavy (non-hydrogen) atoms. The fourth-order valence-corrected chi connectivity index (χ4v) is 1.04. The number of rotatable bonds is 4. The molecular formula is C12H14FNO. The summed E-state index contributed by atoms with van der Waals surface area (Å²) in [4.78, 5) is 0. The molecule has 0 aliphatic rings. The number of nitrogens with zero attached hydrogens (tertiary/aromatic N) is 1. The van der Waals surface area contributed by atoms with Crippen molar-refractivity contribution in [3.63, 3.8) is 0 Å². The van der Waals surface area contributed by atoms with Crippen LogP contribution < -0.4 is 0 Å². The van der Waals surface area contributed by atoms with Gasteiger partial charge in [-0.2, -0.15) is 5.26 Å². The molecule has 3 heteroatoms. The van der Waals surface area contributed by atoms with E-state index in [1.807, 2.05) is 13.8 Å². The van der Waals surface area contributed by atoms with Crippen LogP contribution in [0.5, 0.6) is 0 Å². The van der Waals surface area contributed by atoms with Gasteiger partial charge < -0.3 is 4.74 Å². The van der Waals surface area contributed by atoms with Gasteiger partial charge in [0, 0.05) is 0 Å². The molecule has 0 heterocycles. The van der Waals surface area contributed by atoms with Crippen LogP contribution >= 0.6 is 0 Å². The van der Waals surface area contributed by atoms with Crippen LogP contribution in [-0.2, 0) is 11.3 Å². The number of hydrogen-bond donors (Lipinski definition) is 0. The van der Waals surface area contributed by atoms with Gasteiger partial charge in [-0.15, -0.1) is 0 Å². The van der Waals surface area contributed by atoms with E-state index in [1.165, 1.54) is 12.1 Å². The lowest BCUT2D eigenvalue weighted by molar-refractivity contribution is 0.0745. The third-order valence-corrected chi connectivity index (χ3v) is 1.95. The van der Waals surface area contributed by atoms with Crippen LogP contribution in [-0.4, -0.2) is 6.61 Å². The summed E-state index contributed by atoms with van der Waals surface area (Å²) in [5, 5.41) is 8.75. The fourth-order valence-electron chi connectivity index (χ4n) is 1.04. The van der Waals surface area contributed by atoms with Crippen molar-refractivity contribution in [1.82, 2.24) is 0 Å². The molecule has 0 atom stereocenters. The van der Waals surface area contributed by atoms with Crippen LogP contribution in [0, 0.1) is 22.6 Å². The quantitative estimate of drug-likeness (QED) is 0.760. The van der Waals surface area contributed by atoms with E-state index >= 15 is 0 Å². The molecule has 1 rings (SSSR count). The third kappa shape index (κ3) is 4.09. The number of benzene rings is 1. The van der Waals surface area contributed by atoms with Crippen LogP contribution in [0.3, 0.4) is 0 Å². The standard InChI is InChI=1S/C12H14FNO/c1-12(2,8-14)9-15-7-10-3-5-11(13)6-4-10/h3-6H,7,9H2,1-2H3. The summed E-state index contributed by atoms with van der Waals surface area (Å²) in [5.74, 6) is -0.254. The Labute approximate surface area is 89.3 Å². The molecule has 0 amide bonds. The summed E-state index contributed by atoms with van der Waals surface area (Å²) < 4.78 is 17.9. The van der Waals surface area contributed by atoms with Crippen LogP contribution in [0.2, 0.25) is 0 Å². The Morgan fingerprint density at radius 3 is 2.47 bits per heavy atom. The highest BCUT2D eigenvalue weighted by molar-refractivity contribution is 5.14.